The van der Waals surface area contributed by atoms with Gasteiger partial charge < -0.3 is 10.6 Å². The standard InChI is InChI=1S/C28H26N6O/c1-19-15-26(34(33-19)25-8-4-6-23(17-25)29-2)28(35)32-24-7-3-5-22(16-24)27(31-18-20-9-10-20)21-11-13-30-14-12-21/h3-8,11-17,20,27,31H,9-10,18H2,1H3,(H,32,35). The zero-order valence-corrected chi connectivity index (χ0v) is 19.5. The number of aryl methyl sites for hydroxylation is 1. The average molecular weight is 463 g/mol. The number of amides is 1. The molecule has 2 heterocycles. The van der Waals surface area contributed by atoms with Crippen LogP contribution in [0.25, 0.3) is 10.5 Å². The number of nitrogens with one attached hydrogen (secondary N) is 2. The Hall–Kier alpha value is -4.28. The smallest absolute Gasteiger partial charge is 0.274 e. The Bertz CT molecular complexity index is 1380. The van der Waals surface area contributed by atoms with Crippen molar-refractivity contribution in [2.24, 2.45) is 5.92 Å². The summed E-state index contributed by atoms with van der Waals surface area (Å²) >= 11 is 0. The molecule has 1 saturated carbocycles. The van der Waals surface area contributed by atoms with Gasteiger partial charge in [-0.2, -0.15) is 5.10 Å². The van der Waals surface area contributed by atoms with Gasteiger partial charge >= 0.3 is 0 Å². The first-order chi connectivity index (χ1) is 17.1. The number of carbonyl (C=O) groups is 1. The molecule has 7 heteroatoms. The highest BCUT2D eigenvalue weighted by Gasteiger charge is 2.24. The molecule has 1 aliphatic carbocycles. The summed E-state index contributed by atoms with van der Waals surface area (Å²) < 4.78 is 1.58. The van der Waals surface area contributed by atoms with E-state index >= 15 is 0 Å². The summed E-state index contributed by atoms with van der Waals surface area (Å²) in [4.78, 5) is 20.9. The summed E-state index contributed by atoms with van der Waals surface area (Å²) in [6.45, 7) is 10.1. The van der Waals surface area contributed by atoms with Crippen LogP contribution in [0.3, 0.4) is 0 Å². The quantitative estimate of drug-likeness (QED) is 0.341. The molecule has 7 nitrogen and oxygen atoms in total. The SMILES string of the molecule is [C-]#[N+]c1cccc(-n2nc(C)cc2C(=O)Nc2cccc(C(NCC3CC3)c3ccncc3)c2)c1. The second-order valence-electron chi connectivity index (χ2n) is 8.86. The summed E-state index contributed by atoms with van der Waals surface area (Å²) in [5, 5.41) is 11.2. The van der Waals surface area contributed by atoms with Crippen LogP contribution in [-0.2, 0) is 0 Å². The lowest BCUT2D eigenvalue weighted by Gasteiger charge is -2.20. The molecule has 0 radical (unpaired) electrons. The van der Waals surface area contributed by atoms with Crippen LogP contribution in [-0.4, -0.2) is 27.2 Å². The molecule has 0 saturated heterocycles. The number of rotatable bonds is 8. The van der Waals surface area contributed by atoms with Crippen molar-refractivity contribution < 1.29 is 4.79 Å². The van der Waals surface area contributed by atoms with Crippen LogP contribution < -0.4 is 10.6 Å². The van der Waals surface area contributed by atoms with E-state index in [9.17, 15) is 4.79 Å². The van der Waals surface area contributed by atoms with Gasteiger partial charge in [0.05, 0.1) is 24.0 Å². The van der Waals surface area contributed by atoms with E-state index in [4.69, 9.17) is 6.57 Å². The van der Waals surface area contributed by atoms with Gasteiger partial charge in [-0.1, -0.05) is 24.3 Å². The maximum absolute atomic E-state index is 13.3. The number of nitrogens with zero attached hydrogens (tertiary/aromatic N) is 4. The first kappa shape index (κ1) is 22.5. The molecule has 2 aromatic carbocycles. The van der Waals surface area contributed by atoms with Crippen LogP contribution in [0, 0.1) is 19.4 Å². The van der Waals surface area contributed by atoms with Gasteiger partial charge in [-0.15, -0.1) is 0 Å². The van der Waals surface area contributed by atoms with E-state index in [0.717, 1.165) is 29.3 Å². The van der Waals surface area contributed by atoms with Gasteiger partial charge in [-0.05, 0) is 85.8 Å². The summed E-state index contributed by atoms with van der Waals surface area (Å²) in [6, 6.07) is 20.8. The third-order valence-electron chi connectivity index (χ3n) is 6.09. The number of hydrogen-bond donors (Lipinski definition) is 2. The van der Waals surface area contributed by atoms with E-state index in [2.05, 4.69) is 31.6 Å². The Morgan fingerprint density at radius 1 is 1.09 bits per heavy atom. The predicted molar refractivity (Wildman–Crippen MR) is 136 cm³/mol. The molecule has 1 aliphatic rings. The summed E-state index contributed by atoms with van der Waals surface area (Å²) in [5.41, 5.74) is 5.22. The molecule has 1 amide bonds. The lowest BCUT2D eigenvalue weighted by molar-refractivity contribution is 0.101. The van der Waals surface area contributed by atoms with E-state index < -0.39 is 0 Å². The zero-order valence-electron chi connectivity index (χ0n) is 19.5. The van der Waals surface area contributed by atoms with Crippen molar-refractivity contribution in [3.8, 4) is 5.69 Å². The van der Waals surface area contributed by atoms with Gasteiger partial charge in [0, 0.05) is 18.1 Å². The van der Waals surface area contributed by atoms with Crippen LogP contribution in [0.4, 0.5) is 11.4 Å². The minimum absolute atomic E-state index is 0.0135. The first-order valence-corrected chi connectivity index (χ1v) is 11.7. The van der Waals surface area contributed by atoms with Crippen LogP contribution >= 0.6 is 0 Å². The van der Waals surface area contributed by atoms with Crippen molar-refractivity contribution >= 4 is 17.3 Å². The number of benzene rings is 2. The minimum Gasteiger partial charge on any atom is -0.321 e. The van der Waals surface area contributed by atoms with Crippen molar-refractivity contribution in [1.82, 2.24) is 20.1 Å². The Morgan fingerprint density at radius 3 is 2.66 bits per heavy atom. The Balaban J connectivity index is 1.40. The normalized spacial score (nSPS) is 13.7. The molecule has 4 aromatic rings. The summed E-state index contributed by atoms with van der Waals surface area (Å²) in [5.74, 6) is 0.481. The highest BCUT2D eigenvalue weighted by atomic mass is 16.2. The van der Waals surface area contributed by atoms with E-state index in [1.54, 1.807) is 41.3 Å². The molecule has 0 aliphatic heterocycles. The molecule has 174 valence electrons. The number of carbonyl (C=O) groups excluding carboxylic acids is 1. The first-order valence-electron chi connectivity index (χ1n) is 11.7. The van der Waals surface area contributed by atoms with Crippen LogP contribution in [0.15, 0.2) is 79.1 Å². The molecule has 1 atom stereocenters. The Morgan fingerprint density at radius 2 is 1.89 bits per heavy atom. The molecule has 35 heavy (non-hydrogen) atoms. The second-order valence-corrected chi connectivity index (χ2v) is 8.86. The number of anilines is 1. The number of aromatic nitrogens is 3. The maximum Gasteiger partial charge on any atom is 0.274 e. The molecular formula is C28H26N6O. The fourth-order valence-electron chi connectivity index (χ4n) is 4.13. The topological polar surface area (TPSA) is 76.2 Å². The zero-order chi connectivity index (χ0) is 24.2. The third-order valence-corrected chi connectivity index (χ3v) is 6.09. The largest absolute Gasteiger partial charge is 0.321 e. The van der Waals surface area contributed by atoms with Gasteiger partial charge in [-0.25, -0.2) is 9.53 Å². The van der Waals surface area contributed by atoms with Gasteiger partial charge in [0.15, 0.2) is 5.69 Å². The highest BCUT2D eigenvalue weighted by Crippen LogP contribution is 2.30. The molecule has 2 N–H and O–H groups in total. The average Bonchev–Trinajstić information content (AvgIpc) is 3.63. The summed E-state index contributed by atoms with van der Waals surface area (Å²) in [7, 11) is 0. The minimum atomic E-state index is -0.262. The fraction of sp³-hybridized carbons (Fsp3) is 0.214. The fourth-order valence-corrected chi connectivity index (χ4v) is 4.13. The van der Waals surface area contributed by atoms with E-state index in [0.29, 0.717) is 22.8 Å². The van der Waals surface area contributed by atoms with Crippen molar-refractivity contribution in [3.63, 3.8) is 0 Å². The molecule has 5 rings (SSSR count). The van der Waals surface area contributed by atoms with E-state index in [1.165, 1.54) is 12.8 Å². The van der Waals surface area contributed by atoms with Crippen LogP contribution in [0.1, 0.15) is 46.2 Å². The van der Waals surface area contributed by atoms with Gasteiger partial charge in [-0.3, -0.25) is 9.78 Å². The molecule has 1 unspecified atom stereocenters. The van der Waals surface area contributed by atoms with Crippen molar-refractivity contribution in [1.29, 1.82) is 0 Å². The van der Waals surface area contributed by atoms with E-state index in [1.807, 2.05) is 43.3 Å². The van der Waals surface area contributed by atoms with Gasteiger partial charge in [0.1, 0.15) is 5.69 Å². The third kappa shape index (κ3) is 5.29. The number of pyridine rings is 1. The lowest BCUT2D eigenvalue weighted by Crippen LogP contribution is -2.25. The van der Waals surface area contributed by atoms with Gasteiger partial charge in [0.25, 0.3) is 5.91 Å². The molecule has 0 spiro atoms. The molecule has 0 bridgehead atoms. The monoisotopic (exact) mass is 462 g/mol. The molecule has 1 fully saturated rings. The van der Waals surface area contributed by atoms with Crippen molar-refractivity contribution in [2.75, 3.05) is 11.9 Å². The van der Waals surface area contributed by atoms with Crippen molar-refractivity contribution in [2.45, 2.75) is 25.8 Å². The number of hydrogen-bond acceptors (Lipinski definition) is 4. The van der Waals surface area contributed by atoms with Crippen LogP contribution in [0.2, 0.25) is 0 Å². The van der Waals surface area contributed by atoms with Crippen LogP contribution in [0.5, 0.6) is 0 Å². The Kier molecular flexibility index (Phi) is 6.38. The molecular weight excluding hydrogens is 436 g/mol. The maximum atomic E-state index is 13.3. The molecule has 2 aromatic heterocycles. The lowest BCUT2D eigenvalue weighted by atomic mass is 9.99. The Labute approximate surface area is 204 Å². The van der Waals surface area contributed by atoms with Gasteiger partial charge in [0.2, 0.25) is 0 Å². The van der Waals surface area contributed by atoms with E-state index in [-0.39, 0.29) is 11.9 Å². The highest BCUT2D eigenvalue weighted by molar-refractivity contribution is 6.03. The van der Waals surface area contributed by atoms with Crippen molar-refractivity contribution in [3.05, 3.63) is 113 Å². The second kappa shape index (κ2) is 9.92. The summed E-state index contributed by atoms with van der Waals surface area (Å²) in [6.07, 6.45) is 6.16. The predicted octanol–water partition coefficient (Wildman–Crippen LogP) is 5.47.